The minimum Gasteiger partial charge on any atom is -0.395 e. The molecule has 0 heterocycles. The van der Waals surface area contributed by atoms with Crippen LogP contribution in [0.5, 0.6) is 0 Å². The second-order valence-corrected chi connectivity index (χ2v) is 7.95. The van der Waals surface area contributed by atoms with E-state index in [0.29, 0.717) is 6.54 Å². The summed E-state index contributed by atoms with van der Waals surface area (Å²) in [5.41, 5.74) is 8.22. The Kier molecular flexibility index (Phi) is 6.91. The highest BCUT2D eigenvalue weighted by molar-refractivity contribution is 6.04. The van der Waals surface area contributed by atoms with Crippen molar-refractivity contribution in [2.45, 2.75) is 0 Å². The monoisotopic (exact) mass is 402 g/mol. The van der Waals surface area contributed by atoms with E-state index in [-0.39, 0.29) is 6.61 Å². The van der Waals surface area contributed by atoms with Crippen LogP contribution in [0.25, 0.3) is 5.57 Å². The predicted molar refractivity (Wildman–Crippen MR) is 129 cm³/mol. The minimum absolute atomic E-state index is 0.145. The van der Waals surface area contributed by atoms with Crippen LogP contribution in [-0.4, -0.2) is 63.8 Å². The first-order chi connectivity index (χ1) is 14.4. The van der Waals surface area contributed by atoms with Crippen LogP contribution < -0.4 is 9.80 Å². The van der Waals surface area contributed by atoms with Gasteiger partial charge in [-0.1, -0.05) is 24.3 Å². The lowest BCUT2D eigenvalue weighted by atomic mass is 9.90. The van der Waals surface area contributed by atoms with Gasteiger partial charge >= 0.3 is 0 Å². The van der Waals surface area contributed by atoms with Crippen LogP contribution in [-0.2, 0) is 0 Å². The van der Waals surface area contributed by atoms with Crippen LogP contribution in [0.4, 0.5) is 11.4 Å². The largest absolute Gasteiger partial charge is 0.395 e. The van der Waals surface area contributed by atoms with Crippen molar-refractivity contribution >= 4 is 22.7 Å². The van der Waals surface area contributed by atoms with Gasteiger partial charge in [0, 0.05) is 51.2 Å². The van der Waals surface area contributed by atoms with E-state index >= 15 is 0 Å². The topological polar surface area (TPSA) is 29.7 Å². The van der Waals surface area contributed by atoms with E-state index < -0.39 is 0 Å². The van der Waals surface area contributed by atoms with Crippen molar-refractivity contribution in [1.29, 1.82) is 0 Å². The lowest BCUT2D eigenvalue weighted by molar-refractivity contribution is -0.462. The maximum absolute atomic E-state index is 9.21. The first kappa shape index (κ1) is 21.6. The van der Waals surface area contributed by atoms with Crippen molar-refractivity contribution in [3.63, 3.8) is 0 Å². The summed E-state index contributed by atoms with van der Waals surface area (Å²) >= 11 is 0. The molecule has 1 aliphatic carbocycles. The maximum Gasteiger partial charge on any atom is 0.199 e. The number of likely N-dealkylation sites (N-methyl/N-ethyl adjacent to an activating group) is 1. The summed E-state index contributed by atoms with van der Waals surface area (Å²) in [6, 6.07) is 17.3. The highest BCUT2D eigenvalue weighted by atomic mass is 16.3. The second-order valence-electron chi connectivity index (χ2n) is 7.95. The predicted octanol–water partition coefficient (Wildman–Crippen LogP) is 3.82. The molecular formula is C26H32N3O+. The van der Waals surface area contributed by atoms with Crippen molar-refractivity contribution in [2.75, 3.05) is 58.2 Å². The molecule has 0 aromatic heterocycles. The number of anilines is 2. The van der Waals surface area contributed by atoms with E-state index in [0.717, 1.165) is 5.69 Å². The Morgan fingerprint density at radius 1 is 0.767 bits per heavy atom. The quantitative estimate of drug-likeness (QED) is 0.745. The number of hydrogen-bond donors (Lipinski definition) is 1. The van der Waals surface area contributed by atoms with Crippen LogP contribution in [0.1, 0.15) is 11.1 Å². The molecule has 0 fully saturated rings. The number of nitrogens with zero attached hydrogens (tertiary/aromatic N) is 3. The number of allylic oxidation sites excluding steroid dienone is 5. The standard InChI is InChI=1S/C26H32N3O/c1-27(2)23-12-6-20(7-13-23)26(21-8-14-24(15-9-21)28(3)4)22-10-16-25(17-11-22)29(5)18-19-30/h6-17,30H,18-19H2,1-5H3/q+1. The molecular weight excluding hydrogens is 370 g/mol. The van der Waals surface area contributed by atoms with E-state index in [9.17, 15) is 5.11 Å². The molecule has 0 spiro atoms. The normalized spacial score (nSPS) is 12.9. The number of benzene rings is 2. The molecule has 1 aliphatic rings. The Morgan fingerprint density at radius 3 is 1.70 bits per heavy atom. The maximum atomic E-state index is 9.21. The van der Waals surface area contributed by atoms with Crippen LogP contribution >= 0.6 is 0 Å². The van der Waals surface area contributed by atoms with Gasteiger partial charge in [0.15, 0.2) is 5.71 Å². The number of aliphatic hydroxyl groups is 1. The lowest BCUT2D eigenvalue weighted by Crippen LogP contribution is -2.20. The van der Waals surface area contributed by atoms with Gasteiger partial charge in [0.25, 0.3) is 0 Å². The fraction of sp³-hybridized carbons (Fsp3) is 0.269. The Bertz CT molecular complexity index is 972. The molecule has 0 bridgehead atoms. The first-order valence-electron chi connectivity index (χ1n) is 10.3. The molecule has 0 atom stereocenters. The Balaban J connectivity index is 2.07. The molecule has 0 saturated heterocycles. The molecule has 0 saturated carbocycles. The highest BCUT2D eigenvalue weighted by Gasteiger charge is 2.14. The van der Waals surface area contributed by atoms with Crippen molar-refractivity contribution in [1.82, 2.24) is 0 Å². The van der Waals surface area contributed by atoms with Crippen LogP contribution in [0, 0.1) is 0 Å². The number of hydrogen-bond acceptors (Lipinski definition) is 3. The summed E-state index contributed by atoms with van der Waals surface area (Å²) in [7, 11) is 10.2. The van der Waals surface area contributed by atoms with E-state index in [1.807, 2.05) is 7.05 Å². The SMILES string of the molecule is CN(C)c1ccc(C(=C2C=CC(=[N+](C)C)C=C2)c2ccc(N(C)CCO)cc2)cc1. The van der Waals surface area contributed by atoms with Crippen molar-refractivity contribution in [3.05, 3.63) is 89.5 Å². The molecule has 3 rings (SSSR count). The third kappa shape index (κ3) is 4.89. The molecule has 2 aromatic rings. The van der Waals surface area contributed by atoms with Crippen LogP contribution in [0.3, 0.4) is 0 Å². The third-order valence-corrected chi connectivity index (χ3v) is 5.38. The summed E-state index contributed by atoms with van der Waals surface area (Å²) in [6.07, 6.45) is 8.70. The molecule has 1 N–H and O–H groups in total. The molecule has 4 nitrogen and oxygen atoms in total. The smallest absolute Gasteiger partial charge is 0.199 e. The first-order valence-corrected chi connectivity index (χ1v) is 10.3. The average Bonchev–Trinajstić information content (AvgIpc) is 2.75. The fourth-order valence-electron chi connectivity index (χ4n) is 3.51. The van der Waals surface area contributed by atoms with E-state index in [2.05, 4.69) is 115 Å². The second kappa shape index (κ2) is 9.59. The van der Waals surface area contributed by atoms with Gasteiger partial charge in [0.1, 0.15) is 14.1 Å². The van der Waals surface area contributed by atoms with Gasteiger partial charge in [0.05, 0.1) is 6.61 Å². The number of rotatable bonds is 6. The Morgan fingerprint density at radius 2 is 1.27 bits per heavy atom. The van der Waals surface area contributed by atoms with Crippen LogP contribution in [0.2, 0.25) is 0 Å². The highest BCUT2D eigenvalue weighted by Crippen LogP contribution is 2.31. The summed E-state index contributed by atoms with van der Waals surface area (Å²) < 4.78 is 2.11. The van der Waals surface area contributed by atoms with Gasteiger partial charge in [0.2, 0.25) is 0 Å². The summed E-state index contributed by atoms with van der Waals surface area (Å²) in [5, 5.41) is 9.21. The Labute approximate surface area is 180 Å². The molecule has 30 heavy (non-hydrogen) atoms. The van der Waals surface area contributed by atoms with Gasteiger partial charge in [-0.15, -0.1) is 0 Å². The molecule has 0 unspecified atom stereocenters. The minimum atomic E-state index is 0.145. The van der Waals surface area contributed by atoms with Gasteiger partial charge in [-0.2, -0.15) is 0 Å². The van der Waals surface area contributed by atoms with Crippen LogP contribution in [0.15, 0.2) is 78.4 Å². The zero-order chi connectivity index (χ0) is 21.7. The zero-order valence-corrected chi connectivity index (χ0v) is 18.6. The Hall–Kier alpha value is -3.11. The third-order valence-electron chi connectivity index (χ3n) is 5.38. The lowest BCUT2D eigenvalue weighted by Gasteiger charge is -2.20. The van der Waals surface area contributed by atoms with E-state index in [1.165, 1.54) is 33.7 Å². The van der Waals surface area contributed by atoms with Gasteiger partial charge in [-0.3, -0.25) is 0 Å². The molecule has 0 radical (unpaired) electrons. The fourth-order valence-corrected chi connectivity index (χ4v) is 3.51. The summed E-state index contributed by atoms with van der Waals surface area (Å²) in [6.45, 7) is 0.764. The summed E-state index contributed by atoms with van der Waals surface area (Å²) in [5.74, 6) is 0. The summed E-state index contributed by atoms with van der Waals surface area (Å²) in [4.78, 5) is 4.17. The molecule has 0 aliphatic heterocycles. The molecule has 4 heteroatoms. The molecule has 2 aromatic carbocycles. The molecule has 156 valence electrons. The zero-order valence-electron chi connectivity index (χ0n) is 18.6. The average molecular weight is 403 g/mol. The van der Waals surface area contributed by atoms with E-state index in [4.69, 9.17) is 0 Å². The van der Waals surface area contributed by atoms with E-state index in [1.54, 1.807) is 0 Å². The van der Waals surface area contributed by atoms with Crippen molar-refractivity contribution in [3.8, 4) is 0 Å². The van der Waals surface area contributed by atoms with Gasteiger partial charge in [-0.25, -0.2) is 4.58 Å². The van der Waals surface area contributed by atoms with Crippen molar-refractivity contribution < 1.29 is 9.68 Å². The van der Waals surface area contributed by atoms with Gasteiger partial charge < -0.3 is 14.9 Å². The molecule has 0 amide bonds. The van der Waals surface area contributed by atoms with Crippen molar-refractivity contribution in [2.24, 2.45) is 0 Å². The number of aliphatic hydroxyl groups excluding tert-OH is 1. The van der Waals surface area contributed by atoms with Gasteiger partial charge in [-0.05, 0) is 58.7 Å².